The van der Waals surface area contributed by atoms with Crippen LogP contribution in [0.15, 0.2) is 59.5 Å². The van der Waals surface area contributed by atoms with E-state index in [-0.39, 0.29) is 5.91 Å². The van der Waals surface area contributed by atoms with Gasteiger partial charge < -0.3 is 5.32 Å². The molecule has 116 valence electrons. The summed E-state index contributed by atoms with van der Waals surface area (Å²) in [6, 6.07) is 16.8. The van der Waals surface area contributed by atoms with Gasteiger partial charge in [0, 0.05) is 15.6 Å². The van der Waals surface area contributed by atoms with Crippen LogP contribution in [0.4, 0.5) is 5.69 Å². The third-order valence-electron chi connectivity index (χ3n) is 2.97. The number of hydrogen-bond acceptors (Lipinski definition) is 2. The molecule has 1 amide bonds. The van der Waals surface area contributed by atoms with Crippen LogP contribution in [0.1, 0.15) is 13.8 Å². The minimum absolute atomic E-state index is 0.129. The summed E-state index contributed by atoms with van der Waals surface area (Å²) in [5.74, 6) is -0.129. The number of thioether (sulfide) groups is 1. The van der Waals surface area contributed by atoms with Crippen LogP contribution in [-0.4, -0.2) is 16.0 Å². The average molecular weight is 354 g/mol. The fraction of sp³-hybridized carbons (Fsp3) is 0.235. The van der Waals surface area contributed by atoms with Gasteiger partial charge in [0.05, 0.1) is 4.87 Å². The molecule has 2 aromatic carbocycles. The number of benzene rings is 2. The van der Waals surface area contributed by atoms with Gasteiger partial charge in [-0.1, -0.05) is 29.8 Å². The highest BCUT2D eigenvalue weighted by atomic mass is 35.5. The number of halogens is 2. The normalized spacial score (nSPS) is 12.7. The molecule has 22 heavy (non-hydrogen) atoms. The lowest BCUT2D eigenvalue weighted by Crippen LogP contribution is -2.38. The average Bonchev–Trinajstić information content (AvgIpc) is 2.47. The van der Waals surface area contributed by atoms with Gasteiger partial charge in [-0.15, -0.1) is 23.4 Å². The van der Waals surface area contributed by atoms with Crippen molar-refractivity contribution in [1.29, 1.82) is 0 Å². The standard InChI is InChI=1S/C17H17Cl2NOS/c1-17(2,19)15(22-14-6-4-3-5-7-14)16(21)20-13-10-8-12(18)9-11-13/h3-11,15H,1-2H3,(H,20,21). The zero-order valence-electron chi connectivity index (χ0n) is 12.3. The molecule has 0 bridgehead atoms. The molecule has 5 heteroatoms. The Morgan fingerprint density at radius 2 is 1.68 bits per heavy atom. The number of hydrogen-bond donors (Lipinski definition) is 1. The molecule has 0 aliphatic rings. The maximum atomic E-state index is 12.6. The quantitative estimate of drug-likeness (QED) is 0.571. The molecule has 0 heterocycles. The number of carbonyl (C=O) groups excluding carboxylic acids is 1. The third kappa shape index (κ3) is 4.94. The largest absolute Gasteiger partial charge is 0.325 e. The Labute approximate surface area is 145 Å². The number of nitrogens with one attached hydrogen (secondary N) is 1. The maximum Gasteiger partial charge on any atom is 0.239 e. The van der Waals surface area contributed by atoms with Crippen LogP contribution >= 0.6 is 35.0 Å². The van der Waals surface area contributed by atoms with Crippen LogP contribution < -0.4 is 5.32 Å². The van der Waals surface area contributed by atoms with Gasteiger partial charge in [-0.3, -0.25) is 4.79 Å². The summed E-state index contributed by atoms with van der Waals surface area (Å²) in [5.41, 5.74) is 0.703. The monoisotopic (exact) mass is 353 g/mol. The molecule has 0 saturated carbocycles. The lowest BCUT2D eigenvalue weighted by Gasteiger charge is -2.27. The number of anilines is 1. The molecule has 1 unspecified atom stereocenters. The molecule has 0 radical (unpaired) electrons. The van der Waals surface area contributed by atoms with Gasteiger partial charge in [0.2, 0.25) is 5.91 Å². The molecule has 2 nitrogen and oxygen atoms in total. The van der Waals surface area contributed by atoms with E-state index in [4.69, 9.17) is 23.2 Å². The highest BCUT2D eigenvalue weighted by molar-refractivity contribution is 8.00. The summed E-state index contributed by atoms with van der Waals surface area (Å²) >= 11 is 13.7. The van der Waals surface area contributed by atoms with E-state index in [1.165, 1.54) is 11.8 Å². The zero-order chi connectivity index (χ0) is 16.2. The van der Waals surface area contributed by atoms with Crippen molar-refractivity contribution in [2.24, 2.45) is 0 Å². The molecule has 0 aliphatic carbocycles. The molecule has 0 aliphatic heterocycles. The van der Waals surface area contributed by atoms with Gasteiger partial charge in [0.15, 0.2) is 0 Å². The molecule has 1 N–H and O–H groups in total. The van der Waals surface area contributed by atoms with Crippen LogP contribution in [0.2, 0.25) is 5.02 Å². The van der Waals surface area contributed by atoms with Crippen molar-refractivity contribution in [2.75, 3.05) is 5.32 Å². The van der Waals surface area contributed by atoms with Gasteiger partial charge in [-0.25, -0.2) is 0 Å². The topological polar surface area (TPSA) is 29.1 Å². The molecule has 2 rings (SSSR count). The highest BCUT2D eigenvalue weighted by Gasteiger charge is 2.34. The molecule has 1 atom stereocenters. The number of rotatable bonds is 5. The fourth-order valence-electron chi connectivity index (χ4n) is 1.88. The Kier molecular flexibility index (Phi) is 5.79. The van der Waals surface area contributed by atoms with Gasteiger partial charge in [-0.2, -0.15) is 0 Å². The van der Waals surface area contributed by atoms with Crippen molar-refractivity contribution in [1.82, 2.24) is 0 Å². The number of amides is 1. The number of alkyl halides is 1. The summed E-state index contributed by atoms with van der Waals surface area (Å²) in [7, 11) is 0. The SMILES string of the molecule is CC(C)(Cl)C(Sc1ccccc1)C(=O)Nc1ccc(Cl)cc1. The van der Waals surface area contributed by atoms with E-state index >= 15 is 0 Å². The van der Waals surface area contributed by atoms with Crippen LogP contribution in [-0.2, 0) is 4.79 Å². The second-order valence-corrected chi connectivity index (χ2v) is 7.96. The van der Waals surface area contributed by atoms with E-state index in [2.05, 4.69) is 5.32 Å². The first-order valence-corrected chi connectivity index (χ1v) is 8.47. The molecular weight excluding hydrogens is 337 g/mol. The van der Waals surface area contributed by atoms with Crippen LogP contribution in [0.25, 0.3) is 0 Å². The minimum atomic E-state index is -0.684. The second-order valence-electron chi connectivity index (χ2n) is 5.37. The summed E-state index contributed by atoms with van der Waals surface area (Å²) in [4.78, 5) is 12.9. The first-order chi connectivity index (χ1) is 10.4. The predicted molar refractivity (Wildman–Crippen MR) is 96.1 cm³/mol. The Morgan fingerprint density at radius 1 is 1.09 bits per heavy atom. The van der Waals surface area contributed by atoms with Crippen LogP contribution in [0.5, 0.6) is 0 Å². The summed E-state index contributed by atoms with van der Waals surface area (Å²) in [6.07, 6.45) is 0. The van der Waals surface area contributed by atoms with Crippen LogP contribution in [0, 0.1) is 0 Å². The lowest BCUT2D eigenvalue weighted by atomic mass is 10.1. The zero-order valence-corrected chi connectivity index (χ0v) is 14.7. The molecule has 0 fully saturated rings. The summed E-state index contributed by atoms with van der Waals surface area (Å²) in [5, 5.41) is 3.10. The molecule has 0 spiro atoms. The Morgan fingerprint density at radius 3 is 2.23 bits per heavy atom. The van der Waals surface area contributed by atoms with Crippen molar-refractivity contribution < 1.29 is 4.79 Å². The number of carbonyl (C=O) groups is 1. The van der Waals surface area contributed by atoms with Gasteiger partial charge in [0.25, 0.3) is 0 Å². The van der Waals surface area contributed by atoms with Gasteiger partial charge in [0.1, 0.15) is 5.25 Å². The van der Waals surface area contributed by atoms with E-state index in [1.54, 1.807) is 24.3 Å². The lowest BCUT2D eigenvalue weighted by molar-refractivity contribution is -0.116. The van der Waals surface area contributed by atoms with Crippen molar-refractivity contribution >= 4 is 46.6 Å². The second kappa shape index (κ2) is 7.40. The fourth-order valence-corrected chi connectivity index (χ4v) is 3.27. The summed E-state index contributed by atoms with van der Waals surface area (Å²) in [6.45, 7) is 3.69. The van der Waals surface area contributed by atoms with Gasteiger partial charge >= 0.3 is 0 Å². The third-order valence-corrected chi connectivity index (χ3v) is 5.15. The molecule has 0 aromatic heterocycles. The first kappa shape index (κ1) is 17.2. The van der Waals surface area contributed by atoms with Crippen molar-refractivity contribution in [3.8, 4) is 0 Å². The van der Waals surface area contributed by atoms with E-state index in [0.717, 1.165) is 4.90 Å². The maximum absolute atomic E-state index is 12.6. The first-order valence-electron chi connectivity index (χ1n) is 6.83. The highest BCUT2D eigenvalue weighted by Crippen LogP contribution is 2.35. The van der Waals surface area contributed by atoms with E-state index in [1.807, 2.05) is 44.2 Å². The van der Waals surface area contributed by atoms with Crippen LogP contribution in [0.3, 0.4) is 0 Å². The van der Waals surface area contributed by atoms with E-state index in [9.17, 15) is 4.79 Å². The smallest absolute Gasteiger partial charge is 0.239 e. The van der Waals surface area contributed by atoms with Crippen molar-refractivity contribution in [3.05, 3.63) is 59.6 Å². The van der Waals surface area contributed by atoms with Crippen molar-refractivity contribution in [2.45, 2.75) is 28.9 Å². The predicted octanol–water partition coefficient (Wildman–Crippen LogP) is 5.46. The molecular formula is C17H17Cl2NOS. The van der Waals surface area contributed by atoms with Gasteiger partial charge in [-0.05, 0) is 50.2 Å². The Bertz CT molecular complexity index is 623. The van der Waals surface area contributed by atoms with Crippen molar-refractivity contribution in [3.63, 3.8) is 0 Å². The minimum Gasteiger partial charge on any atom is -0.325 e. The Balaban J connectivity index is 2.15. The van der Waals surface area contributed by atoms with E-state index in [0.29, 0.717) is 10.7 Å². The van der Waals surface area contributed by atoms with E-state index < -0.39 is 10.1 Å². The summed E-state index contributed by atoms with van der Waals surface area (Å²) < 4.78 is 0. The molecule has 0 saturated heterocycles. The Hall–Kier alpha value is -1.16. The molecule has 2 aromatic rings.